The van der Waals surface area contributed by atoms with E-state index in [0.29, 0.717) is 30.5 Å². The standard InChI is InChI=1S/C22H26N4O4.C2H6/c1-30-17-4-5-19-18(11-17)21(25-24-19)22(29)23-12-14-6-8-26(9-7-14)13-15-2-3-16(27)10-20(15)28;1-2/h2-5,10-11,14,27-28H,6-9,12-13H2,1H3,(H,23,29)(H,24,25);1-2H3. The number of benzene rings is 2. The number of nitrogens with zero attached hydrogens (tertiary/aromatic N) is 2. The lowest BCUT2D eigenvalue weighted by molar-refractivity contribution is 0.0931. The lowest BCUT2D eigenvalue weighted by atomic mass is 9.96. The number of aromatic amines is 1. The summed E-state index contributed by atoms with van der Waals surface area (Å²) >= 11 is 0. The highest BCUT2D eigenvalue weighted by atomic mass is 16.5. The van der Waals surface area contributed by atoms with Crippen LogP contribution in [0.3, 0.4) is 0 Å². The van der Waals surface area contributed by atoms with Gasteiger partial charge in [0.05, 0.1) is 12.6 Å². The van der Waals surface area contributed by atoms with E-state index in [-0.39, 0.29) is 17.4 Å². The van der Waals surface area contributed by atoms with Crippen LogP contribution < -0.4 is 10.1 Å². The Hall–Kier alpha value is -3.26. The SMILES string of the molecule is CC.COc1ccc2[nH]nc(C(=O)NCC3CCN(Cc4ccc(O)cc4O)CC3)c2c1. The second-order valence-electron chi connectivity index (χ2n) is 7.73. The fourth-order valence-electron chi connectivity index (χ4n) is 3.89. The Morgan fingerprint density at radius 1 is 1.19 bits per heavy atom. The largest absolute Gasteiger partial charge is 0.508 e. The minimum atomic E-state index is -0.189. The molecule has 1 fully saturated rings. The molecule has 0 radical (unpaired) electrons. The summed E-state index contributed by atoms with van der Waals surface area (Å²) in [6.07, 6.45) is 1.93. The average Bonchev–Trinajstić information content (AvgIpc) is 3.25. The summed E-state index contributed by atoms with van der Waals surface area (Å²) in [5, 5.41) is 30.2. The molecule has 8 heteroatoms. The minimum Gasteiger partial charge on any atom is -0.508 e. The highest BCUT2D eigenvalue weighted by Crippen LogP contribution is 2.26. The van der Waals surface area contributed by atoms with Crippen molar-refractivity contribution >= 4 is 16.8 Å². The molecule has 4 N–H and O–H groups in total. The number of phenols is 2. The van der Waals surface area contributed by atoms with E-state index in [1.54, 1.807) is 19.2 Å². The highest BCUT2D eigenvalue weighted by molar-refractivity contribution is 6.05. The smallest absolute Gasteiger partial charge is 0.272 e. The van der Waals surface area contributed by atoms with Gasteiger partial charge in [0.15, 0.2) is 5.69 Å². The van der Waals surface area contributed by atoms with E-state index in [9.17, 15) is 15.0 Å². The third-order valence-electron chi connectivity index (χ3n) is 5.71. The molecule has 2 aromatic carbocycles. The van der Waals surface area contributed by atoms with Gasteiger partial charge in [-0.15, -0.1) is 0 Å². The number of methoxy groups -OCH3 is 1. The number of hydrogen-bond acceptors (Lipinski definition) is 6. The van der Waals surface area contributed by atoms with Gasteiger partial charge in [-0.3, -0.25) is 14.8 Å². The maximum atomic E-state index is 12.6. The van der Waals surface area contributed by atoms with Gasteiger partial charge >= 0.3 is 0 Å². The van der Waals surface area contributed by atoms with E-state index < -0.39 is 0 Å². The topological polar surface area (TPSA) is 111 Å². The number of H-pyrrole nitrogens is 1. The summed E-state index contributed by atoms with van der Waals surface area (Å²) in [5.74, 6) is 1.08. The lowest BCUT2D eigenvalue weighted by Crippen LogP contribution is -2.38. The van der Waals surface area contributed by atoms with Crippen molar-refractivity contribution in [3.8, 4) is 17.2 Å². The Kier molecular flexibility index (Phi) is 7.94. The van der Waals surface area contributed by atoms with Crippen molar-refractivity contribution < 1.29 is 19.7 Å². The Morgan fingerprint density at radius 2 is 1.94 bits per heavy atom. The van der Waals surface area contributed by atoms with E-state index in [2.05, 4.69) is 20.4 Å². The maximum Gasteiger partial charge on any atom is 0.272 e. The number of piperidine rings is 1. The zero-order valence-corrected chi connectivity index (χ0v) is 18.9. The third kappa shape index (κ3) is 5.50. The Labute approximate surface area is 188 Å². The van der Waals surface area contributed by atoms with Gasteiger partial charge in [0.1, 0.15) is 17.2 Å². The molecular formula is C24H32N4O4. The number of aromatic hydroxyl groups is 2. The van der Waals surface area contributed by atoms with Crippen molar-refractivity contribution in [2.75, 3.05) is 26.7 Å². The molecule has 2 heterocycles. The molecular weight excluding hydrogens is 408 g/mol. The molecule has 0 unspecified atom stereocenters. The third-order valence-corrected chi connectivity index (χ3v) is 5.71. The molecule has 1 aliphatic heterocycles. The molecule has 0 saturated carbocycles. The molecule has 0 bridgehead atoms. The van der Waals surface area contributed by atoms with Crippen LogP contribution in [0.25, 0.3) is 10.9 Å². The molecule has 1 saturated heterocycles. The first-order valence-electron chi connectivity index (χ1n) is 11.1. The second-order valence-corrected chi connectivity index (χ2v) is 7.73. The Morgan fingerprint density at radius 3 is 2.62 bits per heavy atom. The fraction of sp³-hybridized carbons (Fsp3) is 0.417. The van der Waals surface area contributed by atoms with Crippen molar-refractivity contribution in [1.29, 1.82) is 0 Å². The normalized spacial score (nSPS) is 14.6. The molecule has 4 rings (SSSR count). The first-order valence-corrected chi connectivity index (χ1v) is 11.1. The number of aromatic nitrogens is 2. The fourth-order valence-corrected chi connectivity index (χ4v) is 3.89. The van der Waals surface area contributed by atoms with Gasteiger partial charge in [0.25, 0.3) is 5.91 Å². The predicted octanol–water partition coefficient (Wildman–Crippen LogP) is 3.65. The molecule has 8 nitrogen and oxygen atoms in total. The van der Waals surface area contributed by atoms with Gasteiger partial charge in [-0.1, -0.05) is 19.9 Å². The molecule has 32 heavy (non-hydrogen) atoms. The van der Waals surface area contributed by atoms with Crippen LogP contribution in [0.5, 0.6) is 17.2 Å². The predicted molar refractivity (Wildman–Crippen MR) is 124 cm³/mol. The van der Waals surface area contributed by atoms with Gasteiger partial charge in [0, 0.05) is 30.1 Å². The number of rotatable bonds is 6. The maximum absolute atomic E-state index is 12.6. The Bertz CT molecular complexity index is 1040. The molecule has 0 atom stereocenters. The van der Waals surface area contributed by atoms with E-state index in [4.69, 9.17) is 4.74 Å². The van der Waals surface area contributed by atoms with Crippen LogP contribution in [0, 0.1) is 5.92 Å². The van der Waals surface area contributed by atoms with Gasteiger partial charge in [-0.2, -0.15) is 5.10 Å². The Balaban J connectivity index is 0.00000141. The number of fused-ring (bicyclic) bond motifs is 1. The zero-order chi connectivity index (χ0) is 23.1. The average molecular weight is 441 g/mol. The summed E-state index contributed by atoms with van der Waals surface area (Å²) in [5.41, 5.74) is 1.98. The summed E-state index contributed by atoms with van der Waals surface area (Å²) in [6, 6.07) is 10.2. The van der Waals surface area contributed by atoms with Crippen LogP contribution >= 0.6 is 0 Å². The van der Waals surface area contributed by atoms with Crippen molar-refractivity contribution in [2.24, 2.45) is 5.92 Å². The monoisotopic (exact) mass is 440 g/mol. The van der Waals surface area contributed by atoms with Crippen LogP contribution in [0.2, 0.25) is 0 Å². The first-order chi connectivity index (χ1) is 15.5. The lowest BCUT2D eigenvalue weighted by Gasteiger charge is -2.32. The van der Waals surface area contributed by atoms with E-state index in [1.165, 1.54) is 6.07 Å². The van der Waals surface area contributed by atoms with Crippen LogP contribution in [-0.2, 0) is 6.54 Å². The van der Waals surface area contributed by atoms with Crippen molar-refractivity contribution in [2.45, 2.75) is 33.2 Å². The van der Waals surface area contributed by atoms with E-state index in [1.807, 2.05) is 32.0 Å². The summed E-state index contributed by atoms with van der Waals surface area (Å²) in [4.78, 5) is 14.9. The number of likely N-dealkylation sites (tertiary alicyclic amines) is 1. The molecule has 0 aliphatic carbocycles. The molecule has 1 aromatic heterocycles. The minimum absolute atomic E-state index is 0.0637. The van der Waals surface area contributed by atoms with Crippen LogP contribution in [0.1, 0.15) is 42.7 Å². The van der Waals surface area contributed by atoms with Crippen molar-refractivity contribution in [3.05, 3.63) is 47.7 Å². The molecule has 1 amide bonds. The molecule has 172 valence electrons. The summed E-state index contributed by atoms with van der Waals surface area (Å²) < 4.78 is 5.24. The first kappa shape index (κ1) is 23.4. The van der Waals surface area contributed by atoms with Crippen molar-refractivity contribution in [3.63, 3.8) is 0 Å². The van der Waals surface area contributed by atoms with Gasteiger partial charge in [-0.05, 0) is 56.1 Å². The van der Waals surface area contributed by atoms with E-state index in [0.717, 1.165) is 42.4 Å². The van der Waals surface area contributed by atoms with E-state index >= 15 is 0 Å². The number of phenolic OH excluding ortho intramolecular Hbond substituents is 2. The number of nitrogens with one attached hydrogen (secondary N) is 2. The van der Waals surface area contributed by atoms with Crippen LogP contribution in [-0.4, -0.2) is 58.0 Å². The van der Waals surface area contributed by atoms with Gasteiger partial charge < -0.3 is 20.3 Å². The second kappa shape index (κ2) is 10.9. The van der Waals surface area contributed by atoms with Crippen LogP contribution in [0.4, 0.5) is 0 Å². The van der Waals surface area contributed by atoms with Crippen molar-refractivity contribution in [1.82, 2.24) is 20.4 Å². The molecule has 3 aromatic rings. The number of hydrogen-bond donors (Lipinski definition) is 4. The quantitative estimate of drug-likeness (QED) is 0.466. The zero-order valence-electron chi connectivity index (χ0n) is 18.9. The number of carbonyl (C=O) groups is 1. The summed E-state index contributed by atoms with van der Waals surface area (Å²) in [7, 11) is 1.59. The highest BCUT2D eigenvalue weighted by Gasteiger charge is 2.22. The molecule has 0 spiro atoms. The van der Waals surface area contributed by atoms with Crippen LogP contribution in [0.15, 0.2) is 36.4 Å². The summed E-state index contributed by atoms with van der Waals surface area (Å²) in [6.45, 7) is 7.04. The number of amides is 1. The molecule has 1 aliphatic rings. The number of carbonyl (C=O) groups excluding carboxylic acids is 1. The van der Waals surface area contributed by atoms with Gasteiger partial charge in [0.2, 0.25) is 0 Å². The number of ether oxygens (including phenoxy) is 1. The van der Waals surface area contributed by atoms with Gasteiger partial charge in [-0.25, -0.2) is 0 Å².